The third kappa shape index (κ3) is 3.08. The van der Waals surface area contributed by atoms with Gasteiger partial charge < -0.3 is 14.2 Å². The van der Waals surface area contributed by atoms with Crippen LogP contribution in [0.2, 0.25) is 5.02 Å². The number of hydrogen-bond donors (Lipinski definition) is 0. The summed E-state index contributed by atoms with van der Waals surface area (Å²) >= 11 is 6.06. The first-order valence-corrected chi connectivity index (χ1v) is 8.21. The molecule has 3 rings (SSSR count). The van der Waals surface area contributed by atoms with E-state index in [2.05, 4.69) is 11.0 Å². The average Bonchev–Trinajstić information content (AvgIpc) is 2.79. The van der Waals surface area contributed by atoms with Gasteiger partial charge in [0.2, 0.25) is 0 Å². The molecule has 2 heterocycles. The maximum absolute atomic E-state index is 12.8. The van der Waals surface area contributed by atoms with Gasteiger partial charge in [-0.05, 0) is 39.0 Å². The molecule has 1 aromatic carbocycles. The zero-order valence-corrected chi connectivity index (χ0v) is 14.5. The molecule has 2 aromatic rings. The van der Waals surface area contributed by atoms with Crippen LogP contribution in [0.15, 0.2) is 28.7 Å². The average molecular weight is 333 g/mol. The van der Waals surface area contributed by atoms with Gasteiger partial charge in [-0.1, -0.05) is 17.7 Å². The number of hydrogen-bond acceptors (Lipinski definition) is 3. The minimum atomic E-state index is 0.0718. The number of halogens is 1. The van der Waals surface area contributed by atoms with Crippen LogP contribution in [0.1, 0.15) is 27.4 Å². The van der Waals surface area contributed by atoms with Gasteiger partial charge in [0, 0.05) is 42.5 Å². The summed E-state index contributed by atoms with van der Waals surface area (Å²) in [6.07, 6.45) is 0. The van der Waals surface area contributed by atoms with Crippen molar-refractivity contribution in [1.29, 1.82) is 0 Å². The number of carbonyl (C=O) groups is 1. The summed E-state index contributed by atoms with van der Waals surface area (Å²) in [6, 6.07) is 7.84. The molecule has 1 fully saturated rings. The molecule has 0 unspecified atom stereocenters. The smallest absolute Gasteiger partial charge is 0.257 e. The highest BCUT2D eigenvalue weighted by Gasteiger charge is 2.27. The second kappa shape index (κ2) is 6.28. The standard InChI is InChI=1S/C18H21ClN2O2/c1-12-13(2)23-14(3)17(12)18(22)21-9-7-20(8-10-21)16-6-4-5-15(19)11-16/h4-6,11H,7-10H2,1-3H3. The third-order valence-corrected chi connectivity index (χ3v) is 4.75. The Morgan fingerprint density at radius 3 is 2.35 bits per heavy atom. The number of anilines is 1. The molecule has 0 atom stereocenters. The van der Waals surface area contributed by atoms with Gasteiger partial charge in [-0.15, -0.1) is 0 Å². The second-order valence-corrected chi connectivity index (χ2v) is 6.41. The molecule has 5 heteroatoms. The van der Waals surface area contributed by atoms with Gasteiger partial charge in [-0.25, -0.2) is 0 Å². The summed E-state index contributed by atoms with van der Waals surface area (Å²) in [7, 11) is 0. The molecule has 0 radical (unpaired) electrons. The largest absolute Gasteiger partial charge is 0.466 e. The Morgan fingerprint density at radius 2 is 1.78 bits per heavy atom. The number of amides is 1. The van der Waals surface area contributed by atoms with E-state index in [1.165, 1.54) is 0 Å². The van der Waals surface area contributed by atoms with Crippen molar-refractivity contribution in [3.63, 3.8) is 0 Å². The highest BCUT2D eigenvalue weighted by molar-refractivity contribution is 6.30. The molecule has 23 heavy (non-hydrogen) atoms. The molecule has 0 bridgehead atoms. The van der Waals surface area contributed by atoms with Crippen LogP contribution in [0.25, 0.3) is 0 Å². The normalized spacial score (nSPS) is 15.1. The predicted molar refractivity (Wildman–Crippen MR) is 92.5 cm³/mol. The van der Waals surface area contributed by atoms with Crippen molar-refractivity contribution in [2.24, 2.45) is 0 Å². The zero-order chi connectivity index (χ0) is 16.6. The highest BCUT2D eigenvalue weighted by Crippen LogP contribution is 2.24. The fourth-order valence-electron chi connectivity index (χ4n) is 3.11. The molecule has 0 saturated carbocycles. The summed E-state index contributed by atoms with van der Waals surface area (Å²) in [5.41, 5.74) is 2.78. The fraction of sp³-hybridized carbons (Fsp3) is 0.389. The summed E-state index contributed by atoms with van der Waals surface area (Å²) in [4.78, 5) is 16.9. The van der Waals surface area contributed by atoms with Crippen molar-refractivity contribution >= 4 is 23.2 Å². The molecular formula is C18H21ClN2O2. The van der Waals surface area contributed by atoms with Crippen LogP contribution in [-0.4, -0.2) is 37.0 Å². The molecule has 1 aromatic heterocycles. The van der Waals surface area contributed by atoms with Crippen LogP contribution in [-0.2, 0) is 0 Å². The summed E-state index contributed by atoms with van der Waals surface area (Å²) in [5, 5.41) is 0.737. The molecule has 1 saturated heterocycles. The van der Waals surface area contributed by atoms with Crippen LogP contribution in [0, 0.1) is 20.8 Å². The van der Waals surface area contributed by atoms with Gasteiger partial charge in [-0.2, -0.15) is 0 Å². The molecule has 1 amide bonds. The lowest BCUT2D eigenvalue weighted by Gasteiger charge is -2.36. The number of aryl methyl sites for hydroxylation is 2. The Hall–Kier alpha value is -1.94. The van der Waals surface area contributed by atoms with Crippen molar-refractivity contribution in [1.82, 2.24) is 4.90 Å². The van der Waals surface area contributed by atoms with Gasteiger partial charge in [0.05, 0.1) is 5.56 Å². The van der Waals surface area contributed by atoms with E-state index in [-0.39, 0.29) is 5.91 Å². The zero-order valence-electron chi connectivity index (χ0n) is 13.7. The number of nitrogens with zero attached hydrogens (tertiary/aromatic N) is 2. The lowest BCUT2D eigenvalue weighted by atomic mass is 10.1. The number of piperazine rings is 1. The quantitative estimate of drug-likeness (QED) is 0.839. The van der Waals surface area contributed by atoms with Crippen LogP contribution < -0.4 is 4.90 Å². The van der Waals surface area contributed by atoms with Gasteiger partial charge >= 0.3 is 0 Å². The first-order chi connectivity index (χ1) is 11.0. The molecule has 122 valence electrons. The summed E-state index contributed by atoms with van der Waals surface area (Å²) < 4.78 is 5.59. The van der Waals surface area contributed by atoms with E-state index in [0.717, 1.165) is 40.7 Å². The monoisotopic (exact) mass is 332 g/mol. The number of carbonyl (C=O) groups excluding carboxylic acids is 1. The van der Waals surface area contributed by atoms with Crippen LogP contribution in [0.5, 0.6) is 0 Å². The molecule has 0 spiro atoms. The number of rotatable bonds is 2. The lowest BCUT2D eigenvalue weighted by Crippen LogP contribution is -2.49. The predicted octanol–water partition coefficient (Wildman–Crippen LogP) is 3.82. The van der Waals surface area contributed by atoms with E-state index < -0.39 is 0 Å². The van der Waals surface area contributed by atoms with E-state index in [0.29, 0.717) is 18.8 Å². The Bertz CT molecular complexity index is 731. The van der Waals surface area contributed by atoms with Gasteiger partial charge in [0.1, 0.15) is 11.5 Å². The number of benzene rings is 1. The Kier molecular flexibility index (Phi) is 4.35. The van der Waals surface area contributed by atoms with E-state index in [1.54, 1.807) is 0 Å². The maximum Gasteiger partial charge on any atom is 0.257 e. The number of furan rings is 1. The highest BCUT2D eigenvalue weighted by atomic mass is 35.5. The van der Waals surface area contributed by atoms with Gasteiger partial charge in [0.15, 0.2) is 0 Å². The fourth-order valence-corrected chi connectivity index (χ4v) is 3.29. The van der Waals surface area contributed by atoms with E-state index >= 15 is 0 Å². The maximum atomic E-state index is 12.8. The Balaban J connectivity index is 1.70. The summed E-state index contributed by atoms with van der Waals surface area (Å²) in [6.45, 7) is 8.72. The molecule has 0 N–H and O–H groups in total. The van der Waals surface area contributed by atoms with E-state index in [4.69, 9.17) is 16.0 Å². The first kappa shape index (κ1) is 15.9. The van der Waals surface area contributed by atoms with Crippen molar-refractivity contribution in [3.8, 4) is 0 Å². The second-order valence-electron chi connectivity index (χ2n) is 5.97. The lowest BCUT2D eigenvalue weighted by molar-refractivity contribution is 0.0744. The Labute approximate surface area is 141 Å². The molecule has 1 aliphatic rings. The van der Waals surface area contributed by atoms with Crippen molar-refractivity contribution < 1.29 is 9.21 Å². The van der Waals surface area contributed by atoms with Crippen LogP contribution in [0.4, 0.5) is 5.69 Å². The van der Waals surface area contributed by atoms with Gasteiger partial charge in [-0.3, -0.25) is 4.79 Å². The first-order valence-electron chi connectivity index (χ1n) is 7.83. The Morgan fingerprint density at radius 1 is 1.09 bits per heavy atom. The minimum Gasteiger partial charge on any atom is -0.466 e. The topological polar surface area (TPSA) is 36.7 Å². The molecule has 1 aliphatic heterocycles. The van der Waals surface area contributed by atoms with Crippen LogP contribution >= 0.6 is 11.6 Å². The molecular weight excluding hydrogens is 312 g/mol. The van der Waals surface area contributed by atoms with E-state index in [9.17, 15) is 4.79 Å². The van der Waals surface area contributed by atoms with Crippen molar-refractivity contribution in [2.75, 3.05) is 31.1 Å². The van der Waals surface area contributed by atoms with E-state index in [1.807, 2.05) is 43.9 Å². The van der Waals surface area contributed by atoms with Crippen molar-refractivity contribution in [2.45, 2.75) is 20.8 Å². The third-order valence-electron chi connectivity index (χ3n) is 4.52. The molecule has 0 aliphatic carbocycles. The van der Waals surface area contributed by atoms with Crippen molar-refractivity contribution in [3.05, 3.63) is 51.9 Å². The molecule has 4 nitrogen and oxygen atoms in total. The minimum absolute atomic E-state index is 0.0718. The SMILES string of the molecule is Cc1oc(C)c(C(=O)N2CCN(c3cccc(Cl)c3)CC2)c1C. The van der Waals surface area contributed by atoms with Gasteiger partial charge in [0.25, 0.3) is 5.91 Å². The summed E-state index contributed by atoms with van der Waals surface area (Å²) in [5.74, 6) is 1.60. The van der Waals surface area contributed by atoms with Crippen LogP contribution in [0.3, 0.4) is 0 Å².